The summed E-state index contributed by atoms with van der Waals surface area (Å²) in [5, 5.41) is 2.39. The first-order valence-corrected chi connectivity index (χ1v) is 12.4. The highest BCUT2D eigenvalue weighted by molar-refractivity contribution is 7.32. The average molecular weight is 440 g/mol. The van der Waals surface area contributed by atoms with Gasteiger partial charge in [-0.15, -0.1) is 0 Å². The maximum atomic E-state index is 11.7. The summed E-state index contributed by atoms with van der Waals surface area (Å²) >= 11 is 0. The molecule has 1 atom stereocenters. The lowest BCUT2D eigenvalue weighted by Gasteiger charge is -2.10. The van der Waals surface area contributed by atoms with Gasteiger partial charge in [0.05, 0.1) is 6.61 Å². The number of ether oxygens (including phenoxy) is 1. The maximum Gasteiger partial charge on any atom is 0.413 e. The van der Waals surface area contributed by atoms with Gasteiger partial charge in [-0.25, -0.2) is 9.36 Å². The monoisotopic (exact) mass is 439 g/mol. The van der Waals surface area contributed by atoms with Gasteiger partial charge >= 0.3 is 14.3 Å². The number of hydrogen-bond donors (Lipinski definition) is 2. The lowest BCUT2D eigenvalue weighted by Crippen LogP contribution is -2.24. The maximum absolute atomic E-state index is 11.7. The van der Waals surface area contributed by atoms with Crippen LogP contribution in [0.5, 0.6) is 0 Å². The predicted molar refractivity (Wildman–Crippen MR) is 122 cm³/mol. The summed E-state index contributed by atoms with van der Waals surface area (Å²) in [6.45, 7) is 4.53. The number of carbonyl (C=O) groups excluding carboxylic acids is 1. The number of nitrogens with one attached hydrogen (secondary N) is 1. The molecule has 0 aliphatic heterocycles. The lowest BCUT2D eigenvalue weighted by molar-refractivity contribution is 0.143. The summed E-state index contributed by atoms with van der Waals surface area (Å²) in [5.74, 6) is -0.0393. The molecular formula is C23H38NO5P. The molecule has 1 amide bonds. The summed E-state index contributed by atoms with van der Waals surface area (Å²) in [6, 6.07) is 8.56. The average Bonchev–Trinajstić information content (AvgIpc) is 2.71. The van der Waals surface area contributed by atoms with Crippen molar-refractivity contribution in [3.8, 4) is 0 Å². The minimum atomic E-state index is -3.21. The van der Waals surface area contributed by atoms with Crippen molar-refractivity contribution in [3.05, 3.63) is 47.4 Å². The molecule has 1 aromatic rings. The van der Waals surface area contributed by atoms with Gasteiger partial charge < -0.3 is 14.2 Å². The topological polar surface area (TPSA) is 84.9 Å². The molecule has 0 radical (unpaired) electrons. The smallest absolute Gasteiger partial charge is 0.413 e. The third-order valence-electron chi connectivity index (χ3n) is 4.76. The second-order valence-electron chi connectivity index (χ2n) is 7.42. The number of unbranched alkanes of at least 4 members (excludes halogenated alkanes) is 6. The van der Waals surface area contributed by atoms with Crippen molar-refractivity contribution in [1.29, 1.82) is 0 Å². The largest absolute Gasteiger partial charge is 0.449 e. The van der Waals surface area contributed by atoms with Crippen LogP contribution in [0.3, 0.4) is 0 Å². The molecule has 0 saturated heterocycles. The minimum Gasteiger partial charge on any atom is -0.449 e. The van der Waals surface area contributed by atoms with Crippen molar-refractivity contribution in [2.45, 2.75) is 84.5 Å². The van der Waals surface area contributed by atoms with E-state index in [1.807, 2.05) is 6.92 Å². The van der Waals surface area contributed by atoms with Crippen LogP contribution in [0.4, 0.5) is 4.79 Å². The highest BCUT2D eigenvalue weighted by Gasteiger charge is 2.08. The lowest BCUT2D eigenvalue weighted by atomic mass is 10.0. The van der Waals surface area contributed by atoms with Crippen LogP contribution in [0.2, 0.25) is 0 Å². The Hall–Kier alpha value is -1.78. The fourth-order valence-electron chi connectivity index (χ4n) is 3.01. The fourth-order valence-corrected chi connectivity index (χ4v) is 3.33. The Morgan fingerprint density at radius 2 is 1.57 bits per heavy atom. The standard InChI is InChI=1S/C23H38NO5P/c1-3-5-7-8-9-10-12-20-15-17-21(18-16-20)13-11-14-22(29-30(26)27)24-23(25)28-19-6-4-2/h14-18,30H,3-13,19H2,1-2H3,(H,24,25)(H,26,27). The first-order valence-electron chi connectivity index (χ1n) is 11.2. The number of alkyl carbamates (subject to hydrolysis) is 1. The van der Waals surface area contributed by atoms with Gasteiger partial charge in [-0.3, -0.25) is 5.32 Å². The van der Waals surface area contributed by atoms with Gasteiger partial charge in [0.15, 0.2) is 0 Å². The molecule has 0 fully saturated rings. The Bertz CT molecular complexity index is 645. The van der Waals surface area contributed by atoms with Crippen LogP contribution in [0.1, 0.15) is 82.8 Å². The second-order valence-corrected chi connectivity index (χ2v) is 8.16. The highest BCUT2D eigenvalue weighted by Crippen LogP contribution is 2.20. The van der Waals surface area contributed by atoms with Gasteiger partial charge in [-0.05, 0) is 49.3 Å². The van der Waals surface area contributed by atoms with E-state index in [0.717, 1.165) is 25.7 Å². The second kappa shape index (κ2) is 17.0. The number of aryl methyl sites for hydroxylation is 2. The SMILES string of the molecule is CCCCCCCCc1ccc(CCC=C(NC(=O)OCCCC)O[PH](=O)O)cc1. The number of hydrogen-bond acceptors (Lipinski definition) is 4. The number of allylic oxidation sites excluding steroid dienone is 1. The van der Waals surface area contributed by atoms with Crippen LogP contribution >= 0.6 is 8.25 Å². The Balaban J connectivity index is 2.41. The van der Waals surface area contributed by atoms with Gasteiger partial charge in [0.1, 0.15) is 0 Å². The molecular weight excluding hydrogens is 401 g/mol. The van der Waals surface area contributed by atoms with Crippen molar-refractivity contribution >= 4 is 14.3 Å². The van der Waals surface area contributed by atoms with E-state index in [0.29, 0.717) is 13.0 Å². The summed E-state index contributed by atoms with van der Waals surface area (Å²) in [4.78, 5) is 20.7. The molecule has 1 aromatic carbocycles. The third-order valence-corrected chi connectivity index (χ3v) is 5.15. The Morgan fingerprint density at radius 3 is 2.20 bits per heavy atom. The van der Waals surface area contributed by atoms with E-state index in [1.54, 1.807) is 6.08 Å². The molecule has 0 saturated carbocycles. The molecule has 0 heterocycles. The van der Waals surface area contributed by atoms with Gasteiger partial charge in [-0.1, -0.05) is 76.6 Å². The molecule has 0 aliphatic carbocycles. The predicted octanol–water partition coefficient (Wildman–Crippen LogP) is 6.29. The van der Waals surface area contributed by atoms with Crippen LogP contribution in [0.15, 0.2) is 36.2 Å². The van der Waals surface area contributed by atoms with Crippen molar-refractivity contribution in [1.82, 2.24) is 5.32 Å². The van der Waals surface area contributed by atoms with Crippen molar-refractivity contribution in [3.63, 3.8) is 0 Å². The van der Waals surface area contributed by atoms with Crippen LogP contribution in [0, 0.1) is 0 Å². The molecule has 7 heteroatoms. The van der Waals surface area contributed by atoms with Crippen molar-refractivity contribution in [2.24, 2.45) is 0 Å². The van der Waals surface area contributed by atoms with Gasteiger partial charge in [-0.2, -0.15) is 0 Å². The van der Waals surface area contributed by atoms with Gasteiger partial charge in [0.2, 0.25) is 5.88 Å². The Kier molecular flexibility index (Phi) is 14.8. The molecule has 1 rings (SSSR count). The van der Waals surface area contributed by atoms with E-state index in [4.69, 9.17) is 14.2 Å². The Morgan fingerprint density at radius 1 is 0.967 bits per heavy atom. The molecule has 2 N–H and O–H groups in total. The van der Waals surface area contributed by atoms with E-state index in [1.165, 1.54) is 49.7 Å². The molecule has 30 heavy (non-hydrogen) atoms. The van der Waals surface area contributed by atoms with Crippen molar-refractivity contribution in [2.75, 3.05) is 6.61 Å². The van der Waals surface area contributed by atoms with Crippen LogP contribution in [0.25, 0.3) is 0 Å². The quantitative estimate of drug-likeness (QED) is 0.180. The van der Waals surface area contributed by atoms with E-state index in [9.17, 15) is 9.36 Å². The summed E-state index contributed by atoms with van der Waals surface area (Å²) < 4.78 is 20.8. The number of benzene rings is 1. The molecule has 0 aliphatic rings. The fraction of sp³-hybridized carbons (Fsp3) is 0.609. The summed E-state index contributed by atoms with van der Waals surface area (Å²) in [7, 11) is -3.21. The first-order chi connectivity index (χ1) is 14.5. The highest BCUT2D eigenvalue weighted by atomic mass is 31.1. The van der Waals surface area contributed by atoms with Gasteiger partial charge in [0.25, 0.3) is 0 Å². The van der Waals surface area contributed by atoms with Crippen molar-refractivity contribution < 1.29 is 23.5 Å². The zero-order chi connectivity index (χ0) is 22.0. The number of rotatable bonds is 16. The molecule has 0 spiro atoms. The zero-order valence-corrected chi connectivity index (χ0v) is 19.5. The molecule has 6 nitrogen and oxygen atoms in total. The molecule has 0 bridgehead atoms. The molecule has 1 unspecified atom stereocenters. The first kappa shape index (κ1) is 26.3. The molecule has 170 valence electrons. The minimum absolute atomic E-state index is 0.0393. The Labute approximate surface area is 182 Å². The molecule has 0 aromatic heterocycles. The van der Waals surface area contributed by atoms with E-state index >= 15 is 0 Å². The normalized spacial score (nSPS) is 12.4. The van der Waals surface area contributed by atoms with E-state index in [-0.39, 0.29) is 5.88 Å². The van der Waals surface area contributed by atoms with Gasteiger partial charge in [0, 0.05) is 0 Å². The van der Waals surface area contributed by atoms with Crippen LogP contribution in [-0.4, -0.2) is 17.6 Å². The third kappa shape index (κ3) is 13.4. The summed E-state index contributed by atoms with van der Waals surface area (Å²) in [5.41, 5.74) is 2.52. The van der Waals surface area contributed by atoms with Crippen LogP contribution < -0.4 is 5.32 Å². The van der Waals surface area contributed by atoms with E-state index < -0.39 is 14.3 Å². The zero-order valence-electron chi connectivity index (χ0n) is 18.5. The summed E-state index contributed by atoms with van der Waals surface area (Å²) in [6.07, 6.45) is 12.8. The number of amides is 1. The number of carbonyl (C=O) groups is 1. The van der Waals surface area contributed by atoms with Crippen LogP contribution in [-0.2, 0) is 26.7 Å². The van der Waals surface area contributed by atoms with E-state index in [2.05, 4.69) is 36.5 Å².